The molecule has 146 valence electrons. The zero-order chi connectivity index (χ0) is 20.3. The third-order valence-corrected chi connectivity index (χ3v) is 7.26. The van der Waals surface area contributed by atoms with Crippen LogP contribution in [-0.4, -0.2) is 11.0 Å². The minimum absolute atomic E-state index is 0.217. The summed E-state index contributed by atoms with van der Waals surface area (Å²) in [5.74, 6) is 0.357. The molecule has 28 heavy (non-hydrogen) atoms. The largest absolute Gasteiger partial charge is 0.323 e. The fourth-order valence-electron chi connectivity index (χ4n) is 3.65. The number of anilines is 1. The number of thiocarbonyl (C=S) groups is 1. The molecule has 1 heterocycles. The molecule has 0 bridgehead atoms. The van der Waals surface area contributed by atoms with Gasteiger partial charge in [-0.05, 0) is 60.5 Å². The van der Waals surface area contributed by atoms with E-state index in [1.165, 1.54) is 4.88 Å². The molecule has 0 saturated heterocycles. The molecule has 0 saturated carbocycles. The van der Waals surface area contributed by atoms with Crippen LogP contribution in [0.4, 0.5) is 5.00 Å². The Morgan fingerprint density at radius 1 is 1.36 bits per heavy atom. The van der Waals surface area contributed by atoms with Gasteiger partial charge in [0.05, 0.1) is 5.56 Å². The number of carbonyl (C=O) groups is 1. The lowest BCUT2D eigenvalue weighted by Crippen LogP contribution is -2.34. The van der Waals surface area contributed by atoms with Gasteiger partial charge in [-0.2, -0.15) is 5.26 Å². The average Bonchev–Trinajstić information content (AvgIpc) is 3.04. The molecule has 0 unspecified atom stereocenters. The highest BCUT2D eigenvalue weighted by molar-refractivity contribution is 7.80. The van der Waals surface area contributed by atoms with Crippen LogP contribution in [-0.2, 0) is 12.8 Å². The first-order valence-electron chi connectivity index (χ1n) is 9.57. The van der Waals surface area contributed by atoms with Gasteiger partial charge in [-0.25, -0.2) is 0 Å². The maximum Gasteiger partial charge on any atom is 0.257 e. The van der Waals surface area contributed by atoms with E-state index in [2.05, 4.69) is 37.5 Å². The molecule has 6 heteroatoms. The number of nitriles is 1. The number of carbonyl (C=O) groups excluding carboxylic acids is 1. The van der Waals surface area contributed by atoms with Gasteiger partial charge in [-0.15, -0.1) is 11.3 Å². The van der Waals surface area contributed by atoms with Crippen molar-refractivity contribution in [2.24, 2.45) is 11.3 Å². The second kappa shape index (κ2) is 8.42. The maximum atomic E-state index is 12.3. The molecule has 1 atom stereocenters. The van der Waals surface area contributed by atoms with Gasteiger partial charge in [0.25, 0.3) is 5.91 Å². The molecule has 1 aromatic carbocycles. The number of hydrogen-bond donors (Lipinski definition) is 2. The van der Waals surface area contributed by atoms with Crippen LogP contribution in [0.2, 0.25) is 0 Å². The highest BCUT2D eigenvalue weighted by Gasteiger charge is 2.34. The van der Waals surface area contributed by atoms with E-state index in [4.69, 9.17) is 12.2 Å². The summed E-state index contributed by atoms with van der Waals surface area (Å²) in [5, 5.41) is 16.4. The van der Waals surface area contributed by atoms with Gasteiger partial charge in [0.1, 0.15) is 11.1 Å². The second-order valence-electron chi connectivity index (χ2n) is 7.88. The van der Waals surface area contributed by atoms with Crippen LogP contribution in [0.3, 0.4) is 0 Å². The lowest BCUT2D eigenvalue weighted by molar-refractivity contribution is 0.0977. The zero-order valence-electron chi connectivity index (χ0n) is 16.5. The smallest absolute Gasteiger partial charge is 0.257 e. The van der Waals surface area contributed by atoms with E-state index in [1.807, 2.05) is 6.07 Å². The normalized spacial score (nSPS) is 16.0. The molecule has 1 aromatic heterocycles. The van der Waals surface area contributed by atoms with E-state index in [1.54, 1.807) is 35.6 Å². The first kappa shape index (κ1) is 20.5. The molecule has 0 aliphatic heterocycles. The standard InChI is InChI=1S/C22H25N3OS2/c1-4-22(2,3)15-10-11-16-17(13-23)20(28-18(16)12-15)25-21(27)24-19(26)14-8-6-5-7-9-14/h5-9,15H,4,10-12H2,1-3H3,(H2,24,25,26,27)/t15-/m0/s1. The Bertz CT molecular complexity index is 925. The third-order valence-electron chi connectivity index (χ3n) is 5.88. The summed E-state index contributed by atoms with van der Waals surface area (Å²) in [6, 6.07) is 11.3. The van der Waals surface area contributed by atoms with Crippen molar-refractivity contribution in [3.63, 3.8) is 0 Å². The molecule has 1 aliphatic rings. The molecule has 1 amide bonds. The van der Waals surface area contributed by atoms with Crippen LogP contribution in [0.1, 0.15) is 60.0 Å². The van der Waals surface area contributed by atoms with Crippen molar-refractivity contribution in [3.8, 4) is 6.07 Å². The molecular formula is C22H25N3OS2. The van der Waals surface area contributed by atoms with E-state index in [9.17, 15) is 10.1 Å². The monoisotopic (exact) mass is 411 g/mol. The number of benzene rings is 1. The Morgan fingerprint density at radius 3 is 2.71 bits per heavy atom. The summed E-state index contributed by atoms with van der Waals surface area (Å²) in [7, 11) is 0. The summed E-state index contributed by atoms with van der Waals surface area (Å²) in [4.78, 5) is 13.6. The lowest BCUT2D eigenvalue weighted by Gasteiger charge is -2.36. The summed E-state index contributed by atoms with van der Waals surface area (Å²) < 4.78 is 0. The van der Waals surface area contributed by atoms with Crippen LogP contribution in [0, 0.1) is 22.7 Å². The van der Waals surface area contributed by atoms with Crippen molar-refractivity contribution in [3.05, 3.63) is 51.9 Å². The van der Waals surface area contributed by atoms with Crippen molar-refractivity contribution in [1.29, 1.82) is 5.26 Å². The van der Waals surface area contributed by atoms with Gasteiger partial charge in [0.15, 0.2) is 5.11 Å². The number of rotatable bonds is 4. The third kappa shape index (κ3) is 4.26. The Labute approximate surface area is 176 Å². The van der Waals surface area contributed by atoms with Gasteiger partial charge >= 0.3 is 0 Å². The van der Waals surface area contributed by atoms with Crippen LogP contribution in [0.15, 0.2) is 30.3 Å². The van der Waals surface area contributed by atoms with Crippen LogP contribution in [0.5, 0.6) is 0 Å². The predicted octanol–water partition coefficient (Wildman–Crippen LogP) is 5.29. The van der Waals surface area contributed by atoms with Gasteiger partial charge in [0, 0.05) is 10.4 Å². The van der Waals surface area contributed by atoms with E-state index in [0.29, 0.717) is 22.5 Å². The van der Waals surface area contributed by atoms with Gasteiger partial charge in [0.2, 0.25) is 0 Å². The topological polar surface area (TPSA) is 64.9 Å². The second-order valence-corrected chi connectivity index (χ2v) is 9.39. The Balaban J connectivity index is 1.74. The quantitative estimate of drug-likeness (QED) is 0.671. The molecule has 3 rings (SSSR count). The SMILES string of the molecule is CCC(C)(C)[C@H]1CCc2c(sc(NC(=S)NC(=O)c3ccccc3)c2C#N)C1. The van der Waals surface area contributed by atoms with Crippen molar-refractivity contribution in [2.45, 2.75) is 46.5 Å². The first-order valence-corrected chi connectivity index (χ1v) is 10.8. The van der Waals surface area contributed by atoms with Crippen molar-refractivity contribution < 1.29 is 4.79 Å². The Morgan fingerprint density at radius 2 is 2.07 bits per heavy atom. The van der Waals surface area contributed by atoms with Gasteiger partial charge < -0.3 is 5.32 Å². The molecule has 0 spiro atoms. The lowest BCUT2D eigenvalue weighted by atomic mass is 9.69. The molecule has 2 aromatic rings. The minimum atomic E-state index is -0.261. The average molecular weight is 412 g/mol. The Kier molecular flexibility index (Phi) is 6.17. The number of amides is 1. The minimum Gasteiger partial charge on any atom is -0.323 e. The Hall–Kier alpha value is -2.23. The molecule has 0 radical (unpaired) electrons. The summed E-state index contributed by atoms with van der Waals surface area (Å²) >= 11 is 6.91. The summed E-state index contributed by atoms with van der Waals surface area (Å²) in [6.07, 6.45) is 4.17. The number of thiophene rings is 1. The highest BCUT2D eigenvalue weighted by atomic mass is 32.1. The number of fused-ring (bicyclic) bond motifs is 1. The molecular weight excluding hydrogens is 386 g/mol. The van der Waals surface area contributed by atoms with E-state index >= 15 is 0 Å². The van der Waals surface area contributed by atoms with Crippen LogP contribution in [0.25, 0.3) is 0 Å². The van der Waals surface area contributed by atoms with Gasteiger partial charge in [-0.3, -0.25) is 10.1 Å². The fraction of sp³-hybridized carbons (Fsp3) is 0.409. The number of nitrogens with one attached hydrogen (secondary N) is 2. The molecule has 0 fully saturated rings. The van der Waals surface area contributed by atoms with E-state index in [-0.39, 0.29) is 11.0 Å². The van der Waals surface area contributed by atoms with E-state index in [0.717, 1.165) is 36.2 Å². The van der Waals surface area contributed by atoms with Crippen molar-refractivity contribution >= 4 is 39.6 Å². The fourth-order valence-corrected chi connectivity index (χ4v) is 5.19. The van der Waals surface area contributed by atoms with Crippen LogP contribution < -0.4 is 10.6 Å². The molecule has 2 N–H and O–H groups in total. The van der Waals surface area contributed by atoms with Crippen LogP contribution >= 0.6 is 23.6 Å². The zero-order valence-corrected chi connectivity index (χ0v) is 18.1. The van der Waals surface area contributed by atoms with Gasteiger partial charge in [-0.1, -0.05) is 45.4 Å². The molecule has 4 nitrogen and oxygen atoms in total. The predicted molar refractivity (Wildman–Crippen MR) is 119 cm³/mol. The summed E-state index contributed by atoms with van der Waals surface area (Å²) in [5.41, 5.74) is 2.66. The van der Waals surface area contributed by atoms with Crippen molar-refractivity contribution in [1.82, 2.24) is 5.32 Å². The first-order chi connectivity index (χ1) is 13.4. The number of nitrogens with zero attached hydrogens (tertiary/aromatic N) is 1. The summed E-state index contributed by atoms with van der Waals surface area (Å²) in [6.45, 7) is 6.90. The number of hydrogen-bond acceptors (Lipinski definition) is 4. The maximum absolute atomic E-state index is 12.3. The highest BCUT2D eigenvalue weighted by Crippen LogP contribution is 2.45. The van der Waals surface area contributed by atoms with E-state index < -0.39 is 0 Å². The van der Waals surface area contributed by atoms with Crippen molar-refractivity contribution in [2.75, 3.05) is 5.32 Å². The molecule has 1 aliphatic carbocycles.